The first kappa shape index (κ1) is 12.9. The number of para-hydroxylation sites is 1. The molecule has 0 aliphatic heterocycles. The Kier molecular flexibility index (Phi) is 3.28. The summed E-state index contributed by atoms with van der Waals surface area (Å²) in [6, 6.07) is 8.16. The van der Waals surface area contributed by atoms with Crippen LogP contribution in [0.1, 0.15) is 24.4 Å². The summed E-state index contributed by atoms with van der Waals surface area (Å²) in [6.45, 7) is 2.96. The summed E-state index contributed by atoms with van der Waals surface area (Å²) in [5.74, 6) is 0. The highest BCUT2D eigenvalue weighted by molar-refractivity contribution is 5.82. The number of hydrogen-bond donors (Lipinski definition) is 1. The predicted molar refractivity (Wildman–Crippen MR) is 79.2 cm³/mol. The maximum Gasteiger partial charge on any atom is 0.0947 e. The Hall–Kier alpha value is -2.14. The van der Waals surface area contributed by atoms with Crippen LogP contribution >= 0.6 is 0 Å². The summed E-state index contributed by atoms with van der Waals surface area (Å²) < 4.78 is 3.94. The van der Waals surface area contributed by atoms with Crippen LogP contribution in [-0.4, -0.2) is 19.3 Å². The van der Waals surface area contributed by atoms with Crippen molar-refractivity contribution >= 4 is 10.9 Å². The van der Waals surface area contributed by atoms with Gasteiger partial charge in [-0.2, -0.15) is 5.10 Å². The van der Waals surface area contributed by atoms with Crippen molar-refractivity contribution in [1.82, 2.24) is 19.3 Å². The standard InChI is InChI=1S/C15H19N5/c1-3-20-15-7-5-4-6-11(15)13(18-20)8-12(16)14-9-19(2)10-17-14/h4-7,9-10,12H,3,8,16H2,1-2H3. The molecule has 2 aromatic heterocycles. The van der Waals surface area contributed by atoms with Gasteiger partial charge in [0.25, 0.3) is 0 Å². The Bertz CT molecular complexity index is 725. The van der Waals surface area contributed by atoms with E-state index >= 15 is 0 Å². The number of aromatic nitrogens is 4. The van der Waals surface area contributed by atoms with Gasteiger partial charge in [-0.15, -0.1) is 0 Å². The molecule has 0 bridgehead atoms. The van der Waals surface area contributed by atoms with E-state index in [4.69, 9.17) is 5.73 Å². The van der Waals surface area contributed by atoms with E-state index in [1.165, 1.54) is 10.9 Å². The van der Waals surface area contributed by atoms with Gasteiger partial charge < -0.3 is 10.3 Å². The molecular weight excluding hydrogens is 250 g/mol. The number of nitrogens with zero attached hydrogens (tertiary/aromatic N) is 4. The number of benzene rings is 1. The lowest BCUT2D eigenvalue weighted by atomic mass is 10.1. The van der Waals surface area contributed by atoms with Crippen LogP contribution < -0.4 is 5.73 Å². The van der Waals surface area contributed by atoms with Crippen LogP contribution in [0, 0.1) is 0 Å². The zero-order valence-corrected chi connectivity index (χ0v) is 11.8. The van der Waals surface area contributed by atoms with Gasteiger partial charge >= 0.3 is 0 Å². The first-order chi connectivity index (χ1) is 9.69. The molecule has 2 N–H and O–H groups in total. The minimum absolute atomic E-state index is 0.125. The lowest BCUT2D eigenvalue weighted by Crippen LogP contribution is -2.14. The molecule has 1 aromatic carbocycles. The molecule has 0 saturated carbocycles. The van der Waals surface area contributed by atoms with Crippen molar-refractivity contribution in [3.8, 4) is 0 Å². The number of imidazole rings is 1. The maximum atomic E-state index is 6.26. The number of aryl methyl sites for hydroxylation is 2. The van der Waals surface area contributed by atoms with E-state index in [1.54, 1.807) is 6.33 Å². The molecule has 0 amide bonds. The highest BCUT2D eigenvalue weighted by Crippen LogP contribution is 2.22. The van der Waals surface area contributed by atoms with E-state index < -0.39 is 0 Å². The summed E-state index contributed by atoms with van der Waals surface area (Å²) in [7, 11) is 1.95. The first-order valence-electron chi connectivity index (χ1n) is 6.87. The molecule has 0 spiro atoms. The lowest BCUT2D eigenvalue weighted by molar-refractivity contribution is 0.635. The Morgan fingerprint density at radius 2 is 2.10 bits per heavy atom. The molecule has 5 heteroatoms. The fourth-order valence-corrected chi connectivity index (χ4v) is 2.53. The minimum Gasteiger partial charge on any atom is -0.340 e. The van der Waals surface area contributed by atoms with Crippen molar-refractivity contribution in [2.45, 2.75) is 25.9 Å². The molecule has 0 saturated heterocycles. The third-order valence-electron chi connectivity index (χ3n) is 3.55. The van der Waals surface area contributed by atoms with Gasteiger partial charge in [0.15, 0.2) is 0 Å². The summed E-state index contributed by atoms with van der Waals surface area (Å²) in [5, 5.41) is 5.86. The molecule has 104 valence electrons. The topological polar surface area (TPSA) is 61.7 Å². The van der Waals surface area contributed by atoms with Gasteiger partial charge in [-0.05, 0) is 13.0 Å². The Morgan fingerprint density at radius 1 is 1.30 bits per heavy atom. The SMILES string of the molecule is CCn1nc(CC(N)c2cn(C)cn2)c2ccccc21. The highest BCUT2D eigenvalue weighted by Gasteiger charge is 2.15. The predicted octanol–water partition coefficient (Wildman–Crippen LogP) is 2.03. The molecule has 0 aliphatic rings. The molecule has 20 heavy (non-hydrogen) atoms. The Morgan fingerprint density at radius 3 is 2.80 bits per heavy atom. The van der Waals surface area contributed by atoms with Gasteiger partial charge in [0.1, 0.15) is 0 Å². The van der Waals surface area contributed by atoms with Crippen molar-refractivity contribution in [3.63, 3.8) is 0 Å². The average molecular weight is 269 g/mol. The largest absolute Gasteiger partial charge is 0.340 e. The van der Waals surface area contributed by atoms with Crippen molar-refractivity contribution in [3.05, 3.63) is 48.2 Å². The zero-order valence-electron chi connectivity index (χ0n) is 11.8. The second-order valence-corrected chi connectivity index (χ2v) is 5.05. The lowest BCUT2D eigenvalue weighted by Gasteiger charge is -2.06. The van der Waals surface area contributed by atoms with E-state index in [2.05, 4.69) is 29.1 Å². The smallest absolute Gasteiger partial charge is 0.0947 e. The Labute approximate surface area is 118 Å². The Balaban J connectivity index is 1.94. The van der Waals surface area contributed by atoms with E-state index in [-0.39, 0.29) is 6.04 Å². The van der Waals surface area contributed by atoms with Crippen LogP contribution in [0.15, 0.2) is 36.8 Å². The molecule has 0 fully saturated rings. The van der Waals surface area contributed by atoms with Crippen LogP contribution in [0.4, 0.5) is 0 Å². The third-order valence-corrected chi connectivity index (χ3v) is 3.55. The number of hydrogen-bond acceptors (Lipinski definition) is 3. The summed E-state index contributed by atoms with van der Waals surface area (Å²) >= 11 is 0. The minimum atomic E-state index is -0.125. The third kappa shape index (κ3) is 2.20. The van der Waals surface area contributed by atoms with Crippen molar-refractivity contribution in [2.75, 3.05) is 0 Å². The molecular formula is C15H19N5. The molecule has 5 nitrogen and oxygen atoms in total. The molecule has 1 unspecified atom stereocenters. The number of nitrogens with two attached hydrogens (primary N) is 1. The molecule has 3 rings (SSSR count). The van der Waals surface area contributed by atoms with Crippen molar-refractivity contribution in [2.24, 2.45) is 12.8 Å². The van der Waals surface area contributed by atoms with Crippen LogP contribution in [0.25, 0.3) is 10.9 Å². The van der Waals surface area contributed by atoms with Crippen LogP contribution in [-0.2, 0) is 20.0 Å². The summed E-state index contributed by atoms with van der Waals surface area (Å²) in [5.41, 5.74) is 9.37. The first-order valence-corrected chi connectivity index (χ1v) is 6.87. The van der Waals surface area contributed by atoms with E-state index in [1.807, 2.05) is 34.6 Å². The van der Waals surface area contributed by atoms with Gasteiger partial charge in [-0.3, -0.25) is 4.68 Å². The fourth-order valence-electron chi connectivity index (χ4n) is 2.53. The van der Waals surface area contributed by atoms with Crippen LogP contribution in [0.2, 0.25) is 0 Å². The molecule has 3 aromatic rings. The molecule has 0 radical (unpaired) electrons. The van der Waals surface area contributed by atoms with E-state index in [0.29, 0.717) is 6.42 Å². The van der Waals surface area contributed by atoms with Crippen LogP contribution in [0.3, 0.4) is 0 Å². The second-order valence-electron chi connectivity index (χ2n) is 5.05. The van der Waals surface area contributed by atoms with Crippen molar-refractivity contribution < 1.29 is 0 Å². The molecule has 1 atom stereocenters. The van der Waals surface area contributed by atoms with Crippen molar-refractivity contribution in [1.29, 1.82) is 0 Å². The van der Waals surface area contributed by atoms with Gasteiger partial charge in [0, 0.05) is 31.6 Å². The summed E-state index contributed by atoms with van der Waals surface area (Å²) in [4.78, 5) is 4.32. The van der Waals surface area contributed by atoms with Gasteiger partial charge in [0.05, 0.1) is 29.3 Å². The number of fused-ring (bicyclic) bond motifs is 1. The molecule has 0 aliphatic carbocycles. The zero-order chi connectivity index (χ0) is 14.1. The number of rotatable bonds is 4. The van der Waals surface area contributed by atoms with E-state index in [0.717, 1.165) is 17.9 Å². The van der Waals surface area contributed by atoms with Gasteiger partial charge in [0.2, 0.25) is 0 Å². The fraction of sp³-hybridized carbons (Fsp3) is 0.333. The monoisotopic (exact) mass is 269 g/mol. The summed E-state index contributed by atoms with van der Waals surface area (Å²) in [6.07, 6.45) is 4.44. The molecule has 2 heterocycles. The van der Waals surface area contributed by atoms with Gasteiger partial charge in [-0.25, -0.2) is 4.98 Å². The second kappa shape index (κ2) is 5.09. The average Bonchev–Trinajstić information content (AvgIpc) is 3.03. The quantitative estimate of drug-likeness (QED) is 0.788. The maximum absolute atomic E-state index is 6.26. The highest BCUT2D eigenvalue weighted by atomic mass is 15.3. The van der Waals surface area contributed by atoms with Crippen LogP contribution in [0.5, 0.6) is 0 Å². The normalized spacial score (nSPS) is 12.9. The van der Waals surface area contributed by atoms with E-state index in [9.17, 15) is 0 Å². The van der Waals surface area contributed by atoms with Gasteiger partial charge in [-0.1, -0.05) is 18.2 Å².